The summed E-state index contributed by atoms with van der Waals surface area (Å²) in [5.74, 6) is -0.507. The van der Waals surface area contributed by atoms with Gasteiger partial charge in [0.15, 0.2) is 0 Å². The molecule has 24 heteroatoms. The lowest BCUT2D eigenvalue weighted by Crippen LogP contribution is -2.36. The first-order chi connectivity index (χ1) is 36.8. The summed E-state index contributed by atoms with van der Waals surface area (Å²) in [5.41, 5.74) is 10.5. The first kappa shape index (κ1) is 57.6. The number of anilines is 10. The van der Waals surface area contributed by atoms with Crippen LogP contribution in [0, 0.1) is 0 Å². The number of nitrogens with two attached hydrogens (primary N) is 1. The first-order valence-corrected chi connectivity index (χ1v) is 24.4. The normalized spacial score (nSPS) is 14.7. The summed E-state index contributed by atoms with van der Waals surface area (Å²) in [7, 11) is 2.92. The number of Topliss-reactive ketones (excluding diaryl/α,β-unsaturated/α-hetero) is 1. The molecule has 1 aliphatic carbocycles. The lowest BCUT2D eigenvalue weighted by molar-refractivity contribution is -0.138. The zero-order chi connectivity index (χ0) is 55.0. The third-order valence-corrected chi connectivity index (χ3v) is 12.8. The van der Waals surface area contributed by atoms with Gasteiger partial charge in [-0.2, -0.15) is 26.3 Å². The molecule has 4 aliphatic rings. The second-order valence-corrected chi connectivity index (χ2v) is 18.3. The number of nitrogens with one attached hydrogen (secondary N) is 6. The van der Waals surface area contributed by atoms with Crippen molar-refractivity contribution in [1.29, 1.82) is 0 Å². The number of hydrogen-bond acceptors (Lipinski definition) is 14. The number of carbonyl (C=O) groups excluding carboxylic acids is 4. The zero-order valence-corrected chi connectivity index (χ0v) is 42.2. The molecular formula is C54H56ClF6N11O6. The fourth-order valence-electron chi connectivity index (χ4n) is 8.79. The lowest BCUT2D eigenvalue weighted by atomic mass is 10.1. The predicted octanol–water partition coefficient (Wildman–Crippen LogP) is 9.54. The summed E-state index contributed by atoms with van der Waals surface area (Å²) in [6.45, 7) is 4.87. The zero-order valence-electron chi connectivity index (χ0n) is 41.5. The monoisotopic (exact) mass is 1100 g/mol. The van der Waals surface area contributed by atoms with E-state index in [1.165, 1.54) is 20.2 Å². The molecule has 2 fully saturated rings. The van der Waals surface area contributed by atoms with Crippen LogP contribution in [0.3, 0.4) is 0 Å². The van der Waals surface area contributed by atoms with Crippen molar-refractivity contribution in [2.45, 2.75) is 39.0 Å². The van der Waals surface area contributed by atoms with E-state index in [1.807, 2.05) is 23.1 Å². The Balaban J connectivity index is 0.000000192. The highest BCUT2D eigenvalue weighted by atomic mass is 35.5. The number of hydrogen-bond donors (Lipinski definition) is 7. The van der Waals surface area contributed by atoms with E-state index in [0.29, 0.717) is 89.4 Å². The van der Waals surface area contributed by atoms with Crippen LogP contribution < -0.4 is 47.4 Å². The number of pyridine rings is 2. The Kier molecular flexibility index (Phi) is 18.4. The van der Waals surface area contributed by atoms with Crippen LogP contribution in [0.1, 0.15) is 56.0 Å². The molecule has 0 spiro atoms. The number of ether oxygens (including phenoxy) is 2. The van der Waals surface area contributed by atoms with Gasteiger partial charge in [0, 0.05) is 100 Å². The number of nitrogen functional groups attached to an aromatic ring is 1. The second kappa shape index (κ2) is 24.9. The van der Waals surface area contributed by atoms with Crippen molar-refractivity contribution in [3.63, 3.8) is 0 Å². The summed E-state index contributed by atoms with van der Waals surface area (Å²) in [6.07, 6.45) is -6.71. The Hall–Kier alpha value is -8.15. The molecule has 4 aromatic carbocycles. The van der Waals surface area contributed by atoms with Gasteiger partial charge in [-0.25, -0.2) is 9.97 Å². The van der Waals surface area contributed by atoms with Gasteiger partial charge >= 0.3 is 12.4 Å². The van der Waals surface area contributed by atoms with Gasteiger partial charge in [0.1, 0.15) is 16.8 Å². The Morgan fingerprint density at radius 1 is 0.615 bits per heavy atom. The average molecular weight is 1100 g/mol. The largest absolute Gasteiger partial charge is 0.419 e. The fraction of sp³-hybridized carbons (Fsp3) is 0.296. The SMILES string of the molecule is C.CNC(=O)c1cc(N2CCOCC2)ccc1Nc1cc(Cl)ncc1C(F)(F)F.CNC(=O)c1cc(N2CCOCC2)ccc1Nc1cc(Nc2ccc3c(c2)CC(=O)C3)ncc1C(F)(F)F.Nc1ccc2c(c1)CC(=O)N2. The maximum atomic E-state index is 13.9. The molecule has 412 valence electrons. The van der Waals surface area contributed by atoms with Crippen molar-refractivity contribution in [1.82, 2.24) is 20.6 Å². The molecule has 0 atom stereocenters. The molecule has 78 heavy (non-hydrogen) atoms. The van der Waals surface area contributed by atoms with E-state index in [9.17, 15) is 45.5 Å². The van der Waals surface area contributed by atoms with E-state index < -0.39 is 35.3 Å². The van der Waals surface area contributed by atoms with Crippen molar-refractivity contribution in [3.05, 3.63) is 141 Å². The minimum absolute atomic E-state index is 0. The maximum absolute atomic E-state index is 13.9. The van der Waals surface area contributed by atoms with E-state index in [-0.39, 0.29) is 64.0 Å². The van der Waals surface area contributed by atoms with Crippen LogP contribution in [0.4, 0.5) is 83.3 Å². The molecule has 0 unspecified atom stereocenters. The highest BCUT2D eigenvalue weighted by molar-refractivity contribution is 6.29. The van der Waals surface area contributed by atoms with E-state index in [4.69, 9.17) is 26.8 Å². The molecule has 0 bridgehead atoms. The number of rotatable bonds is 10. The molecule has 3 amide bonds. The second-order valence-electron chi connectivity index (χ2n) is 17.9. The van der Waals surface area contributed by atoms with E-state index in [0.717, 1.165) is 46.0 Å². The quantitative estimate of drug-likeness (QED) is 0.0386. The van der Waals surface area contributed by atoms with Gasteiger partial charge in [-0.15, -0.1) is 0 Å². The topological polar surface area (TPSA) is 217 Å². The minimum Gasteiger partial charge on any atom is -0.399 e. The number of amides is 3. The van der Waals surface area contributed by atoms with Crippen LogP contribution >= 0.6 is 11.6 Å². The molecule has 5 heterocycles. The number of aromatic nitrogens is 2. The summed E-state index contributed by atoms with van der Waals surface area (Å²) < 4.78 is 92.3. The average Bonchev–Trinajstić information content (AvgIpc) is 3.98. The smallest absolute Gasteiger partial charge is 0.399 e. The number of morpholine rings is 2. The van der Waals surface area contributed by atoms with Gasteiger partial charge in [-0.1, -0.05) is 25.1 Å². The summed E-state index contributed by atoms with van der Waals surface area (Å²) in [6, 6.07) is 23.1. The molecule has 17 nitrogen and oxygen atoms in total. The Morgan fingerprint density at radius 3 is 1.68 bits per heavy atom. The van der Waals surface area contributed by atoms with Gasteiger partial charge in [-0.05, 0) is 89.5 Å². The highest BCUT2D eigenvalue weighted by Gasteiger charge is 2.36. The van der Waals surface area contributed by atoms with Crippen molar-refractivity contribution >= 4 is 92.1 Å². The van der Waals surface area contributed by atoms with Crippen molar-refractivity contribution in [2.24, 2.45) is 0 Å². The van der Waals surface area contributed by atoms with Crippen LogP contribution in [0.2, 0.25) is 5.15 Å². The summed E-state index contributed by atoms with van der Waals surface area (Å²) in [4.78, 5) is 59.2. The van der Waals surface area contributed by atoms with Gasteiger partial charge in [0.2, 0.25) is 5.91 Å². The molecule has 0 radical (unpaired) electrons. The molecule has 8 N–H and O–H groups in total. The van der Waals surface area contributed by atoms with Crippen LogP contribution in [0.15, 0.2) is 97.3 Å². The van der Waals surface area contributed by atoms with E-state index in [2.05, 4.69) is 46.8 Å². The molecule has 10 rings (SSSR count). The molecule has 0 saturated carbocycles. The molecular weight excluding hydrogens is 1050 g/mol. The van der Waals surface area contributed by atoms with Crippen molar-refractivity contribution in [3.8, 4) is 0 Å². The number of halogens is 7. The number of ketones is 1. The van der Waals surface area contributed by atoms with E-state index in [1.54, 1.807) is 54.6 Å². The number of benzene rings is 4. The molecule has 2 aromatic heterocycles. The number of carbonyl (C=O) groups is 4. The lowest BCUT2D eigenvalue weighted by Gasteiger charge is -2.29. The van der Waals surface area contributed by atoms with Gasteiger partial charge < -0.3 is 56.9 Å². The third-order valence-electron chi connectivity index (χ3n) is 12.6. The molecule has 6 aromatic rings. The first-order valence-electron chi connectivity index (χ1n) is 24.1. The summed E-state index contributed by atoms with van der Waals surface area (Å²) in [5, 5.41) is 16.2. The van der Waals surface area contributed by atoms with Crippen molar-refractivity contribution < 1.29 is 55.0 Å². The molecule has 3 aliphatic heterocycles. The van der Waals surface area contributed by atoms with Crippen LogP contribution in [-0.4, -0.2) is 100 Å². The standard InChI is InChI=1S/C27H26F3N5O3.C18H18ClF3N4O2.C8H8N2O.CH4/c1-31-26(37)21-13-19(35-6-8-38-9-7-35)4-5-23(21)34-24-14-25(32-15-22(24)27(28,29)30)33-18-3-2-16-11-20(36)12-17(16)10-18;1-23-17(27)12-8-11(26-4-6-28-7-5-26)2-3-14(12)25-15-9-16(19)24-10-13(15)18(20,21)22;9-6-1-2-7-5(3-6)4-8(11)10-7;/h2-5,10,13-15H,6-9,11-12H2,1H3,(H,31,37)(H2,32,33,34);2-3,8-10H,4-7H2,1H3,(H,23,27)(H,24,25);1-3H,4,9H2,(H,10,11);1H4. The Bertz CT molecular complexity index is 3190. The van der Waals surface area contributed by atoms with Gasteiger partial charge in [-0.3, -0.25) is 19.2 Å². The predicted molar refractivity (Wildman–Crippen MR) is 288 cm³/mol. The Morgan fingerprint density at radius 2 is 1.14 bits per heavy atom. The van der Waals surface area contributed by atoms with E-state index >= 15 is 0 Å². The van der Waals surface area contributed by atoms with Gasteiger partial charge in [0.05, 0.1) is 77.9 Å². The summed E-state index contributed by atoms with van der Waals surface area (Å²) >= 11 is 5.77. The number of fused-ring (bicyclic) bond motifs is 2. The number of alkyl halides is 6. The van der Waals surface area contributed by atoms with Gasteiger partial charge in [0.25, 0.3) is 11.8 Å². The molecule has 2 saturated heterocycles. The minimum atomic E-state index is -4.68. The fourth-order valence-corrected chi connectivity index (χ4v) is 8.95. The Labute approximate surface area is 450 Å². The van der Waals surface area contributed by atoms with Crippen LogP contribution in [0.5, 0.6) is 0 Å². The van der Waals surface area contributed by atoms with Crippen LogP contribution in [0.25, 0.3) is 0 Å². The maximum Gasteiger partial charge on any atom is 0.419 e. The highest BCUT2D eigenvalue weighted by Crippen LogP contribution is 2.40. The van der Waals surface area contributed by atoms with Crippen molar-refractivity contribution in [2.75, 3.05) is 104 Å². The number of nitrogens with zero attached hydrogens (tertiary/aromatic N) is 4. The third kappa shape index (κ3) is 14.3. The van der Waals surface area contributed by atoms with Crippen LogP contribution in [-0.2, 0) is 50.7 Å².